The zero-order valence-corrected chi connectivity index (χ0v) is 9.87. The number of halogens is 1. The van der Waals surface area contributed by atoms with Crippen LogP contribution in [0.2, 0.25) is 0 Å². The fraction of sp³-hybridized carbons (Fsp3) is 0.417. The van der Waals surface area contributed by atoms with Gasteiger partial charge in [-0.05, 0) is 25.1 Å². The summed E-state index contributed by atoms with van der Waals surface area (Å²) in [6.45, 7) is 1.71. The Hall–Kier alpha value is -1.62. The van der Waals surface area contributed by atoms with Gasteiger partial charge in [0.05, 0.1) is 19.1 Å². The van der Waals surface area contributed by atoms with E-state index in [-0.39, 0.29) is 18.9 Å². The molecule has 0 aromatic heterocycles. The van der Waals surface area contributed by atoms with Crippen molar-refractivity contribution < 1.29 is 19.0 Å². The molecular weight excluding hydrogens is 225 g/mol. The average Bonchev–Trinajstić information content (AvgIpc) is 2.30. The lowest BCUT2D eigenvalue weighted by atomic mass is 10.1. The molecule has 17 heavy (non-hydrogen) atoms. The summed E-state index contributed by atoms with van der Waals surface area (Å²) in [6, 6.07) is 3.92. The van der Waals surface area contributed by atoms with Crippen LogP contribution in [-0.4, -0.2) is 24.7 Å². The van der Waals surface area contributed by atoms with E-state index in [1.54, 1.807) is 7.05 Å². The van der Waals surface area contributed by atoms with Crippen molar-refractivity contribution in [2.45, 2.75) is 19.4 Å². The Bertz CT molecular complexity index is 393. The van der Waals surface area contributed by atoms with Crippen molar-refractivity contribution in [2.75, 3.05) is 13.7 Å². The maximum absolute atomic E-state index is 13.0. The Morgan fingerprint density at radius 3 is 2.88 bits per heavy atom. The van der Waals surface area contributed by atoms with E-state index in [1.165, 1.54) is 25.1 Å². The predicted molar refractivity (Wildman–Crippen MR) is 61.2 cm³/mol. The van der Waals surface area contributed by atoms with E-state index >= 15 is 0 Å². The van der Waals surface area contributed by atoms with Gasteiger partial charge in [0.2, 0.25) is 5.91 Å². The van der Waals surface area contributed by atoms with Crippen LogP contribution in [0.4, 0.5) is 4.39 Å². The third-order valence-corrected chi connectivity index (χ3v) is 2.29. The van der Waals surface area contributed by atoms with Crippen LogP contribution >= 0.6 is 0 Å². The number of carbonyl (C=O) groups excluding carboxylic acids is 1. The summed E-state index contributed by atoms with van der Waals surface area (Å²) >= 11 is 0. The van der Waals surface area contributed by atoms with E-state index in [2.05, 4.69) is 5.32 Å². The highest BCUT2D eigenvalue weighted by molar-refractivity contribution is 5.75. The van der Waals surface area contributed by atoms with E-state index in [9.17, 15) is 14.3 Å². The number of carbonyl (C=O) groups is 1. The summed E-state index contributed by atoms with van der Waals surface area (Å²) in [5.41, 5.74) is 0.377. The Morgan fingerprint density at radius 2 is 2.29 bits per heavy atom. The highest BCUT2D eigenvalue weighted by Gasteiger charge is 2.10. The average molecular weight is 241 g/mol. The van der Waals surface area contributed by atoms with Gasteiger partial charge < -0.3 is 15.2 Å². The van der Waals surface area contributed by atoms with Crippen molar-refractivity contribution in [2.24, 2.45) is 0 Å². The zero-order chi connectivity index (χ0) is 12.8. The van der Waals surface area contributed by atoms with Crippen LogP contribution in [0.3, 0.4) is 0 Å². The third kappa shape index (κ3) is 4.03. The lowest BCUT2D eigenvalue weighted by Crippen LogP contribution is -2.20. The molecule has 4 nitrogen and oxygen atoms in total. The monoisotopic (exact) mass is 241 g/mol. The molecule has 0 radical (unpaired) electrons. The van der Waals surface area contributed by atoms with Crippen molar-refractivity contribution in [1.82, 2.24) is 5.32 Å². The van der Waals surface area contributed by atoms with E-state index < -0.39 is 11.9 Å². The molecule has 5 heteroatoms. The van der Waals surface area contributed by atoms with Gasteiger partial charge in [-0.15, -0.1) is 0 Å². The number of hydrogen-bond donors (Lipinski definition) is 2. The number of benzene rings is 1. The SMILES string of the molecule is CNC(=O)CCOc1ccc(F)cc1[C@H](C)O. The molecule has 1 rings (SSSR count). The molecule has 0 fully saturated rings. The summed E-state index contributed by atoms with van der Waals surface area (Å²) in [5, 5.41) is 11.9. The number of hydrogen-bond acceptors (Lipinski definition) is 3. The van der Waals surface area contributed by atoms with Crippen LogP contribution in [0.5, 0.6) is 5.75 Å². The minimum absolute atomic E-state index is 0.134. The quantitative estimate of drug-likeness (QED) is 0.819. The normalized spacial score (nSPS) is 12.0. The summed E-state index contributed by atoms with van der Waals surface area (Å²) in [7, 11) is 1.54. The van der Waals surface area contributed by atoms with Crippen LogP contribution in [0.25, 0.3) is 0 Å². The van der Waals surface area contributed by atoms with Gasteiger partial charge in [0.25, 0.3) is 0 Å². The van der Waals surface area contributed by atoms with E-state index in [1.807, 2.05) is 0 Å². The molecule has 0 saturated carbocycles. The lowest BCUT2D eigenvalue weighted by Gasteiger charge is -2.13. The second kappa shape index (κ2) is 6.20. The van der Waals surface area contributed by atoms with E-state index in [0.717, 1.165) is 0 Å². The molecule has 1 aromatic carbocycles. The highest BCUT2D eigenvalue weighted by Crippen LogP contribution is 2.25. The molecule has 94 valence electrons. The lowest BCUT2D eigenvalue weighted by molar-refractivity contribution is -0.121. The highest BCUT2D eigenvalue weighted by atomic mass is 19.1. The second-order valence-electron chi connectivity index (χ2n) is 3.63. The number of ether oxygens (including phenoxy) is 1. The summed E-state index contributed by atoms with van der Waals surface area (Å²) in [6.07, 6.45) is -0.603. The molecule has 0 bridgehead atoms. The second-order valence-corrected chi connectivity index (χ2v) is 3.63. The van der Waals surface area contributed by atoms with Gasteiger partial charge >= 0.3 is 0 Å². The topological polar surface area (TPSA) is 58.6 Å². The number of aliphatic hydroxyl groups excluding tert-OH is 1. The molecule has 0 aliphatic carbocycles. The molecule has 1 amide bonds. The molecule has 0 unspecified atom stereocenters. The van der Waals surface area contributed by atoms with Crippen LogP contribution in [-0.2, 0) is 4.79 Å². The number of rotatable bonds is 5. The van der Waals surface area contributed by atoms with Crippen LogP contribution < -0.4 is 10.1 Å². The molecule has 2 N–H and O–H groups in total. The molecule has 1 aromatic rings. The maximum Gasteiger partial charge on any atom is 0.223 e. The van der Waals surface area contributed by atoms with Crippen LogP contribution in [0, 0.1) is 5.82 Å². The van der Waals surface area contributed by atoms with Gasteiger partial charge in [-0.3, -0.25) is 4.79 Å². The van der Waals surface area contributed by atoms with Gasteiger partial charge in [-0.1, -0.05) is 0 Å². The Balaban J connectivity index is 2.67. The molecule has 0 saturated heterocycles. The van der Waals surface area contributed by atoms with Gasteiger partial charge in [0.15, 0.2) is 0 Å². The van der Waals surface area contributed by atoms with Crippen molar-refractivity contribution >= 4 is 5.91 Å². The fourth-order valence-electron chi connectivity index (χ4n) is 1.36. The minimum atomic E-state index is -0.819. The van der Waals surface area contributed by atoms with E-state index in [0.29, 0.717) is 11.3 Å². The smallest absolute Gasteiger partial charge is 0.223 e. The molecular formula is C12H16FNO3. The summed E-state index contributed by atoms with van der Waals surface area (Å²) in [4.78, 5) is 11.0. The van der Waals surface area contributed by atoms with Gasteiger partial charge in [-0.25, -0.2) is 4.39 Å². The zero-order valence-electron chi connectivity index (χ0n) is 9.87. The van der Waals surface area contributed by atoms with Crippen LogP contribution in [0.1, 0.15) is 25.0 Å². The fourth-order valence-corrected chi connectivity index (χ4v) is 1.36. The molecule has 1 atom stereocenters. The first-order valence-electron chi connectivity index (χ1n) is 5.35. The minimum Gasteiger partial charge on any atom is -0.493 e. The molecule has 0 heterocycles. The van der Waals surface area contributed by atoms with Gasteiger partial charge in [0, 0.05) is 12.6 Å². The van der Waals surface area contributed by atoms with Crippen molar-refractivity contribution in [3.63, 3.8) is 0 Å². The van der Waals surface area contributed by atoms with Crippen LogP contribution in [0.15, 0.2) is 18.2 Å². The van der Waals surface area contributed by atoms with Gasteiger partial charge in [0.1, 0.15) is 11.6 Å². The van der Waals surface area contributed by atoms with Crippen molar-refractivity contribution in [1.29, 1.82) is 0 Å². The number of aliphatic hydroxyl groups is 1. The number of amides is 1. The van der Waals surface area contributed by atoms with Crippen molar-refractivity contribution in [3.8, 4) is 5.75 Å². The first-order chi connectivity index (χ1) is 8.04. The summed E-state index contributed by atoms with van der Waals surface area (Å²) in [5.74, 6) is -0.171. The Morgan fingerprint density at radius 1 is 1.59 bits per heavy atom. The first kappa shape index (κ1) is 13.4. The first-order valence-corrected chi connectivity index (χ1v) is 5.35. The van der Waals surface area contributed by atoms with Gasteiger partial charge in [-0.2, -0.15) is 0 Å². The molecule has 0 aliphatic heterocycles. The molecule has 0 aliphatic rings. The van der Waals surface area contributed by atoms with Crippen molar-refractivity contribution in [3.05, 3.63) is 29.6 Å². The maximum atomic E-state index is 13.0. The predicted octanol–water partition coefficient (Wildman–Crippen LogP) is 1.39. The third-order valence-electron chi connectivity index (χ3n) is 2.29. The number of nitrogens with one attached hydrogen (secondary N) is 1. The van der Waals surface area contributed by atoms with E-state index in [4.69, 9.17) is 4.74 Å². The Labute approximate surface area is 99.4 Å². The standard InChI is InChI=1S/C12H16FNO3/c1-8(15)10-7-9(13)3-4-11(10)17-6-5-12(16)14-2/h3-4,7-8,15H,5-6H2,1-2H3,(H,14,16)/t8-/m0/s1. The Kier molecular flexibility index (Phi) is 4.90. The largest absolute Gasteiger partial charge is 0.493 e. The summed E-state index contributed by atoms with van der Waals surface area (Å²) < 4.78 is 18.3. The molecule has 0 spiro atoms.